The summed E-state index contributed by atoms with van der Waals surface area (Å²) in [6.07, 6.45) is 6.79. The number of para-hydroxylation sites is 1. The minimum absolute atomic E-state index is 0.623. The van der Waals surface area contributed by atoms with Crippen molar-refractivity contribution < 1.29 is 19.1 Å². The van der Waals surface area contributed by atoms with E-state index in [1.54, 1.807) is 0 Å². The molecule has 0 heterocycles. The lowest BCUT2D eigenvalue weighted by Crippen LogP contribution is -1.92. The van der Waals surface area contributed by atoms with Crippen molar-refractivity contribution in [1.82, 2.24) is 0 Å². The van der Waals surface area contributed by atoms with Crippen molar-refractivity contribution in [3.63, 3.8) is 0 Å². The molecule has 0 aliphatic carbocycles. The van der Waals surface area contributed by atoms with Crippen LogP contribution in [0.5, 0.6) is 5.75 Å². The Hall–Kier alpha value is -1.48. The highest BCUT2D eigenvalue weighted by Crippen LogP contribution is 2.07. The van der Waals surface area contributed by atoms with Crippen LogP contribution in [-0.2, 0) is 4.57 Å². The fourth-order valence-electron chi connectivity index (χ4n) is 0.922. The lowest BCUT2D eigenvalue weighted by atomic mass is 10.3. The predicted octanol–water partition coefficient (Wildman–Crippen LogP) is 2.83. The van der Waals surface area contributed by atoms with Gasteiger partial charge < -0.3 is 4.74 Å². The highest BCUT2D eigenvalue weighted by molar-refractivity contribution is 7.30. The van der Waals surface area contributed by atoms with Crippen LogP contribution in [0.2, 0.25) is 0 Å². The number of benzene rings is 1. The molecule has 0 aromatic heterocycles. The summed E-state index contributed by atoms with van der Waals surface area (Å²) in [6, 6.07) is 9.79. The molecule has 0 saturated carbocycles. The van der Waals surface area contributed by atoms with Crippen LogP contribution in [0.15, 0.2) is 55.1 Å². The predicted molar refractivity (Wildman–Crippen MR) is 67.9 cm³/mol. The summed E-state index contributed by atoms with van der Waals surface area (Å²) >= 11 is 0. The molecule has 0 atom stereocenters. The van der Waals surface area contributed by atoms with Crippen LogP contribution in [0.3, 0.4) is 0 Å². The molecule has 0 aliphatic rings. The molecule has 4 nitrogen and oxygen atoms in total. The molecule has 0 aliphatic heterocycles. The van der Waals surface area contributed by atoms with E-state index in [1.807, 2.05) is 48.6 Å². The molecule has 1 rings (SSSR count). The van der Waals surface area contributed by atoms with Gasteiger partial charge in [0.05, 0.1) is 0 Å². The molecule has 0 bridgehead atoms. The molecule has 1 aromatic rings. The Labute approximate surface area is 102 Å². The average molecular weight is 255 g/mol. The summed E-state index contributed by atoms with van der Waals surface area (Å²) in [6.45, 7) is 4.25. The second-order valence-electron chi connectivity index (χ2n) is 2.87. The van der Waals surface area contributed by atoms with Crippen molar-refractivity contribution in [1.29, 1.82) is 0 Å². The average Bonchev–Trinajstić information content (AvgIpc) is 2.29. The van der Waals surface area contributed by atoms with Crippen molar-refractivity contribution in [2.45, 2.75) is 6.42 Å². The van der Waals surface area contributed by atoms with E-state index in [-0.39, 0.29) is 0 Å². The van der Waals surface area contributed by atoms with E-state index in [2.05, 4.69) is 6.58 Å². The van der Waals surface area contributed by atoms with E-state index in [9.17, 15) is 0 Å². The SMILES string of the molecule is C=CCC=CCOc1ccccc1.O=[P+](O)O. The van der Waals surface area contributed by atoms with Gasteiger partial charge in [0.15, 0.2) is 0 Å². The zero-order valence-electron chi connectivity index (χ0n) is 9.40. The first kappa shape index (κ1) is 15.5. The smallest absolute Gasteiger partial charge is 0.490 e. The van der Waals surface area contributed by atoms with Crippen LogP contribution < -0.4 is 4.74 Å². The third-order valence-corrected chi connectivity index (χ3v) is 1.56. The Morgan fingerprint density at radius 1 is 1.24 bits per heavy atom. The molecular formula is C12H16O4P+. The van der Waals surface area contributed by atoms with E-state index in [4.69, 9.17) is 19.1 Å². The Morgan fingerprint density at radius 2 is 1.82 bits per heavy atom. The van der Waals surface area contributed by atoms with Gasteiger partial charge in [-0.05, 0) is 18.6 Å². The third kappa shape index (κ3) is 12.5. The van der Waals surface area contributed by atoms with Gasteiger partial charge in [0.2, 0.25) is 0 Å². The van der Waals surface area contributed by atoms with Crippen LogP contribution in [-0.4, -0.2) is 16.4 Å². The minimum atomic E-state index is -2.87. The Morgan fingerprint density at radius 3 is 2.35 bits per heavy atom. The van der Waals surface area contributed by atoms with Crippen molar-refractivity contribution in [3.8, 4) is 5.75 Å². The minimum Gasteiger partial charge on any atom is -0.490 e. The molecule has 92 valence electrons. The van der Waals surface area contributed by atoms with Gasteiger partial charge >= 0.3 is 8.25 Å². The zero-order chi connectivity index (χ0) is 12.9. The van der Waals surface area contributed by atoms with Gasteiger partial charge in [0.1, 0.15) is 12.4 Å². The van der Waals surface area contributed by atoms with Crippen molar-refractivity contribution in [3.05, 3.63) is 55.1 Å². The maximum atomic E-state index is 8.70. The number of hydrogen-bond acceptors (Lipinski definition) is 2. The molecular weight excluding hydrogens is 239 g/mol. The van der Waals surface area contributed by atoms with Crippen LogP contribution in [0.4, 0.5) is 0 Å². The van der Waals surface area contributed by atoms with Gasteiger partial charge in [-0.2, -0.15) is 0 Å². The summed E-state index contributed by atoms with van der Waals surface area (Å²) in [5, 5.41) is 0. The molecule has 5 heteroatoms. The zero-order valence-corrected chi connectivity index (χ0v) is 10.3. The molecule has 0 radical (unpaired) electrons. The number of rotatable bonds is 5. The van der Waals surface area contributed by atoms with Gasteiger partial charge in [-0.15, -0.1) is 16.4 Å². The second-order valence-corrected chi connectivity index (χ2v) is 3.38. The fourth-order valence-corrected chi connectivity index (χ4v) is 0.922. The molecule has 1 aromatic carbocycles. The Balaban J connectivity index is 0.000000557. The number of ether oxygens (including phenoxy) is 1. The number of hydrogen-bond donors (Lipinski definition) is 2. The molecule has 0 saturated heterocycles. The van der Waals surface area contributed by atoms with E-state index in [0.29, 0.717) is 6.61 Å². The summed E-state index contributed by atoms with van der Waals surface area (Å²) in [5.41, 5.74) is 0. The lowest BCUT2D eigenvalue weighted by Gasteiger charge is -2.00. The molecule has 17 heavy (non-hydrogen) atoms. The van der Waals surface area contributed by atoms with Gasteiger partial charge in [-0.1, -0.05) is 36.4 Å². The molecule has 0 unspecified atom stereocenters. The summed E-state index contributed by atoms with van der Waals surface area (Å²) < 4.78 is 14.1. The normalized spacial score (nSPS) is 9.29. The fraction of sp³-hybridized carbons (Fsp3) is 0.167. The molecule has 0 fully saturated rings. The highest BCUT2D eigenvalue weighted by atomic mass is 31.1. The van der Waals surface area contributed by atoms with Crippen molar-refractivity contribution in [2.75, 3.05) is 6.61 Å². The quantitative estimate of drug-likeness (QED) is 0.627. The van der Waals surface area contributed by atoms with Crippen LogP contribution >= 0.6 is 8.25 Å². The van der Waals surface area contributed by atoms with Gasteiger partial charge in [-0.25, -0.2) is 0 Å². The largest absolute Gasteiger partial charge is 0.692 e. The van der Waals surface area contributed by atoms with Gasteiger partial charge in [-0.3, -0.25) is 0 Å². The molecule has 2 N–H and O–H groups in total. The van der Waals surface area contributed by atoms with Crippen molar-refractivity contribution in [2.24, 2.45) is 0 Å². The first-order valence-corrected chi connectivity index (χ1v) is 6.12. The van der Waals surface area contributed by atoms with Gasteiger partial charge in [0.25, 0.3) is 0 Å². The Bertz CT molecular complexity index is 345. The van der Waals surface area contributed by atoms with Crippen LogP contribution in [0.1, 0.15) is 6.42 Å². The maximum Gasteiger partial charge on any atom is 0.692 e. The molecule has 0 amide bonds. The standard InChI is InChI=1S/C12H14O.HO3P/c1-2-3-4-8-11-13-12-9-6-5-7-10-12;1-4(2)3/h2,4-10H,1,3,11H2;(H-,1,2,3)/p+1. The van der Waals surface area contributed by atoms with E-state index in [1.165, 1.54) is 0 Å². The van der Waals surface area contributed by atoms with Crippen LogP contribution in [0.25, 0.3) is 0 Å². The first-order valence-electron chi connectivity index (χ1n) is 4.95. The maximum absolute atomic E-state index is 8.70. The van der Waals surface area contributed by atoms with E-state index in [0.717, 1.165) is 12.2 Å². The third-order valence-electron chi connectivity index (χ3n) is 1.56. The molecule has 0 spiro atoms. The summed E-state index contributed by atoms with van der Waals surface area (Å²) in [5.74, 6) is 0.908. The van der Waals surface area contributed by atoms with Gasteiger partial charge in [0, 0.05) is 4.57 Å². The van der Waals surface area contributed by atoms with E-state index < -0.39 is 8.25 Å². The highest BCUT2D eigenvalue weighted by Gasteiger charge is 1.93. The number of allylic oxidation sites excluding steroid dienone is 2. The van der Waals surface area contributed by atoms with E-state index >= 15 is 0 Å². The topological polar surface area (TPSA) is 66.8 Å². The summed E-state index contributed by atoms with van der Waals surface area (Å²) in [7, 11) is -2.87. The lowest BCUT2D eigenvalue weighted by molar-refractivity contribution is 0.362. The van der Waals surface area contributed by atoms with Crippen molar-refractivity contribution >= 4 is 8.25 Å². The van der Waals surface area contributed by atoms with Crippen LogP contribution in [0, 0.1) is 0 Å². The summed E-state index contributed by atoms with van der Waals surface area (Å²) in [4.78, 5) is 14.2. The second kappa shape index (κ2) is 11.0. The monoisotopic (exact) mass is 255 g/mol. The Kier molecular flexibility index (Phi) is 10.1. The first-order chi connectivity index (χ1) is 8.16.